The third-order valence-electron chi connectivity index (χ3n) is 4.40. The Hall–Kier alpha value is -3.05. The topological polar surface area (TPSA) is 121 Å². The van der Waals surface area contributed by atoms with Crippen LogP contribution in [-0.2, 0) is 16.1 Å². The summed E-state index contributed by atoms with van der Waals surface area (Å²) in [4.78, 5) is 24.2. The second-order valence-electron chi connectivity index (χ2n) is 7.00. The van der Waals surface area contributed by atoms with Crippen LogP contribution in [0.1, 0.15) is 48.4 Å². The fourth-order valence-electron chi connectivity index (χ4n) is 2.67. The van der Waals surface area contributed by atoms with Crippen LogP contribution in [0.5, 0.6) is 5.75 Å². The molecule has 3 rings (SSSR count). The molecule has 1 aromatic carbocycles. The van der Waals surface area contributed by atoms with E-state index in [-0.39, 0.29) is 24.9 Å². The number of thioether (sulfide) groups is 1. The highest BCUT2D eigenvalue weighted by molar-refractivity contribution is 7.99. The molecule has 0 atom stereocenters. The summed E-state index contributed by atoms with van der Waals surface area (Å²) in [5.74, 6) is 6.92. The molecule has 0 aliphatic heterocycles. The van der Waals surface area contributed by atoms with Crippen LogP contribution in [0.25, 0.3) is 0 Å². The molecular formula is C21H25N5O4S2. The van der Waals surface area contributed by atoms with Crippen LogP contribution in [0.2, 0.25) is 0 Å². The molecule has 11 heteroatoms. The highest BCUT2D eigenvalue weighted by Gasteiger charge is 2.17. The zero-order chi connectivity index (χ0) is 23.1. The molecule has 0 fully saturated rings. The molecule has 9 nitrogen and oxygen atoms in total. The Labute approximate surface area is 194 Å². The van der Waals surface area contributed by atoms with Gasteiger partial charge in [0.2, 0.25) is 11.1 Å². The van der Waals surface area contributed by atoms with Crippen LogP contribution in [0.4, 0.5) is 5.00 Å². The van der Waals surface area contributed by atoms with Gasteiger partial charge in [0, 0.05) is 0 Å². The summed E-state index contributed by atoms with van der Waals surface area (Å²) in [5, 5.41) is 13.3. The molecule has 0 radical (unpaired) electrons. The molecule has 0 bridgehead atoms. The first kappa shape index (κ1) is 23.6. The molecule has 0 saturated carbocycles. The van der Waals surface area contributed by atoms with E-state index >= 15 is 0 Å². The maximum atomic E-state index is 12.3. The highest BCUT2D eigenvalue weighted by Crippen LogP contribution is 2.25. The van der Waals surface area contributed by atoms with Gasteiger partial charge in [-0.05, 0) is 42.0 Å². The first-order valence-electron chi connectivity index (χ1n) is 9.98. The lowest BCUT2D eigenvalue weighted by Crippen LogP contribution is -2.18. The Morgan fingerprint density at radius 2 is 1.97 bits per heavy atom. The number of rotatable bonds is 10. The van der Waals surface area contributed by atoms with Crippen LogP contribution < -0.4 is 15.9 Å². The summed E-state index contributed by atoms with van der Waals surface area (Å²) >= 11 is 2.39. The maximum Gasteiger partial charge on any atom is 0.341 e. The summed E-state index contributed by atoms with van der Waals surface area (Å²) in [6.07, 6.45) is 0. The standard InChI is InChI=1S/C21H25N5O4S2/c1-4-29-20(28)16-9-10-31-19(16)23-18(27)12-32-21-25-24-17(26(21)22)11-30-15-7-5-14(6-8-15)13(2)3/h5-10,13H,4,11-12,22H2,1-3H3,(H,23,27). The minimum Gasteiger partial charge on any atom is -0.486 e. The smallest absolute Gasteiger partial charge is 0.341 e. The predicted molar refractivity (Wildman–Crippen MR) is 125 cm³/mol. The highest BCUT2D eigenvalue weighted by atomic mass is 32.2. The Morgan fingerprint density at radius 1 is 1.22 bits per heavy atom. The molecule has 2 heterocycles. The van der Waals surface area contributed by atoms with Gasteiger partial charge >= 0.3 is 5.97 Å². The van der Waals surface area contributed by atoms with Crippen molar-refractivity contribution in [3.63, 3.8) is 0 Å². The first-order chi connectivity index (χ1) is 15.4. The van der Waals surface area contributed by atoms with Gasteiger partial charge in [-0.2, -0.15) is 0 Å². The number of esters is 1. The number of ether oxygens (including phenoxy) is 2. The molecule has 3 aromatic rings. The molecule has 32 heavy (non-hydrogen) atoms. The Balaban J connectivity index is 1.52. The third-order valence-corrected chi connectivity index (χ3v) is 6.17. The van der Waals surface area contributed by atoms with Gasteiger partial charge in [-0.25, -0.2) is 9.47 Å². The lowest BCUT2D eigenvalue weighted by Gasteiger charge is -2.09. The van der Waals surface area contributed by atoms with E-state index in [0.717, 1.165) is 11.8 Å². The van der Waals surface area contributed by atoms with Gasteiger partial charge in [-0.3, -0.25) is 4.79 Å². The number of nitrogen functional groups attached to an aromatic ring is 1. The summed E-state index contributed by atoms with van der Waals surface area (Å²) in [6.45, 7) is 6.40. The van der Waals surface area contributed by atoms with Crippen LogP contribution in [0, 0.1) is 0 Å². The maximum absolute atomic E-state index is 12.3. The van der Waals surface area contributed by atoms with E-state index in [4.69, 9.17) is 15.3 Å². The SMILES string of the molecule is CCOC(=O)c1ccsc1NC(=O)CSc1nnc(COc2ccc(C(C)C)cc2)n1N. The number of nitrogens with one attached hydrogen (secondary N) is 1. The van der Waals surface area contributed by atoms with E-state index < -0.39 is 5.97 Å². The number of amides is 1. The molecular weight excluding hydrogens is 450 g/mol. The molecule has 0 aliphatic rings. The lowest BCUT2D eigenvalue weighted by molar-refractivity contribution is -0.113. The second-order valence-corrected chi connectivity index (χ2v) is 8.86. The van der Waals surface area contributed by atoms with Gasteiger partial charge in [0.05, 0.1) is 17.9 Å². The van der Waals surface area contributed by atoms with Gasteiger partial charge < -0.3 is 20.6 Å². The molecule has 1 amide bonds. The number of hydrogen-bond acceptors (Lipinski definition) is 9. The van der Waals surface area contributed by atoms with Crippen molar-refractivity contribution in [2.45, 2.75) is 38.5 Å². The van der Waals surface area contributed by atoms with Crippen molar-refractivity contribution in [1.29, 1.82) is 0 Å². The van der Waals surface area contributed by atoms with Gasteiger partial charge in [-0.15, -0.1) is 21.5 Å². The van der Waals surface area contributed by atoms with Crippen LogP contribution in [0.15, 0.2) is 40.9 Å². The number of thiophene rings is 1. The van der Waals surface area contributed by atoms with E-state index in [2.05, 4.69) is 29.4 Å². The monoisotopic (exact) mass is 475 g/mol. The average molecular weight is 476 g/mol. The molecule has 170 valence electrons. The van der Waals surface area contributed by atoms with Crippen molar-refractivity contribution in [2.75, 3.05) is 23.5 Å². The molecule has 0 unspecified atom stereocenters. The minimum absolute atomic E-state index is 0.0486. The zero-order valence-electron chi connectivity index (χ0n) is 18.0. The Kier molecular flexibility index (Phi) is 8.12. The molecule has 0 aliphatic carbocycles. The lowest BCUT2D eigenvalue weighted by atomic mass is 10.0. The van der Waals surface area contributed by atoms with Crippen molar-refractivity contribution in [2.24, 2.45) is 0 Å². The number of carbonyl (C=O) groups is 2. The molecule has 0 saturated heterocycles. The number of nitrogens with zero attached hydrogens (tertiary/aromatic N) is 3. The summed E-state index contributed by atoms with van der Waals surface area (Å²) in [5.41, 5.74) is 1.56. The fraction of sp³-hybridized carbons (Fsp3) is 0.333. The van der Waals surface area contributed by atoms with Crippen molar-refractivity contribution in [3.8, 4) is 5.75 Å². The zero-order valence-corrected chi connectivity index (χ0v) is 19.7. The first-order valence-corrected chi connectivity index (χ1v) is 11.8. The number of nitrogens with two attached hydrogens (primary N) is 1. The predicted octanol–water partition coefficient (Wildman–Crippen LogP) is 3.66. The average Bonchev–Trinajstić information content (AvgIpc) is 3.37. The van der Waals surface area contributed by atoms with Gasteiger partial charge in [0.1, 0.15) is 17.4 Å². The summed E-state index contributed by atoms with van der Waals surface area (Å²) in [7, 11) is 0. The van der Waals surface area contributed by atoms with Crippen LogP contribution in [0.3, 0.4) is 0 Å². The molecule has 3 N–H and O–H groups in total. The number of benzene rings is 1. The Morgan fingerprint density at radius 3 is 2.66 bits per heavy atom. The van der Waals surface area contributed by atoms with Crippen molar-refractivity contribution in [3.05, 3.63) is 52.7 Å². The number of aromatic nitrogens is 3. The van der Waals surface area contributed by atoms with E-state index in [1.165, 1.54) is 21.6 Å². The third kappa shape index (κ3) is 6.01. The minimum atomic E-state index is -0.470. The van der Waals surface area contributed by atoms with Crippen molar-refractivity contribution < 1.29 is 19.1 Å². The normalized spacial score (nSPS) is 10.9. The van der Waals surface area contributed by atoms with Gasteiger partial charge in [0.15, 0.2) is 5.82 Å². The van der Waals surface area contributed by atoms with E-state index in [1.807, 2.05) is 24.3 Å². The molecule has 2 aromatic heterocycles. The summed E-state index contributed by atoms with van der Waals surface area (Å²) in [6, 6.07) is 9.47. The van der Waals surface area contributed by atoms with Crippen molar-refractivity contribution >= 4 is 40.0 Å². The Bertz CT molecular complexity index is 1060. The quantitative estimate of drug-likeness (QED) is 0.259. The van der Waals surface area contributed by atoms with Gasteiger partial charge in [0.25, 0.3) is 0 Å². The number of hydrogen-bond donors (Lipinski definition) is 2. The van der Waals surface area contributed by atoms with E-state index in [0.29, 0.717) is 33.2 Å². The number of anilines is 1. The van der Waals surface area contributed by atoms with Crippen LogP contribution in [-0.4, -0.2) is 39.1 Å². The van der Waals surface area contributed by atoms with Gasteiger partial charge in [-0.1, -0.05) is 37.7 Å². The largest absolute Gasteiger partial charge is 0.486 e. The van der Waals surface area contributed by atoms with Crippen molar-refractivity contribution in [1.82, 2.24) is 14.9 Å². The second kappa shape index (κ2) is 11.0. The molecule has 0 spiro atoms. The van der Waals surface area contributed by atoms with E-state index in [1.54, 1.807) is 18.4 Å². The summed E-state index contributed by atoms with van der Waals surface area (Å²) < 4.78 is 12.0. The fourth-order valence-corrected chi connectivity index (χ4v) is 4.14. The van der Waals surface area contributed by atoms with E-state index in [9.17, 15) is 9.59 Å². The van der Waals surface area contributed by atoms with Crippen LogP contribution >= 0.6 is 23.1 Å². The number of carbonyl (C=O) groups excluding carboxylic acids is 2.